The average molecular weight is 373 g/mol. The zero-order valence-electron chi connectivity index (χ0n) is 13.9. The molecule has 5 nitrogen and oxygen atoms in total. The molecule has 0 saturated carbocycles. The third kappa shape index (κ3) is 4.03. The number of anilines is 1. The Morgan fingerprint density at radius 2 is 2.12 bits per heavy atom. The second-order valence-electron chi connectivity index (χ2n) is 5.44. The van der Waals surface area contributed by atoms with Gasteiger partial charge in [-0.1, -0.05) is 17.7 Å². The molecule has 0 unspecified atom stereocenters. The number of thioether (sulfide) groups is 1. The van der Waals surface area contributed by atoms with Gasteiger partial charge in [-0.15, -0.1) is 11.8 Å². The lowest BCUT2D eigenvalue weighted by Crippen LogP contribution is -2.28. The van der Waals surface area contributed by atoms with Gasteiger partial charge in [0.15, 0.2) is 0 Å². The van der Waals surface area contributed by atoms with E-state index in [0.29, 0.717) is 16.5 Å². The summed E-state index contributed by atoms with van der Waals surface area (Å²) in [5.41, 5.74) is 1.27. The van der Waals surface area contributed by atoms with Gasteiger partial charge in [-0.2, -0.15) is 0 Å². The molecule has 128 valence electrons. The molecule has 3 rings (SSSR count). The number of amides is 1. The van der Waals surface area contributed by atoms with Crippen LogP contribution in [0.15, 0.2) is 59.9 Å². The summed E-state index contributed by atoms with van der Waals surface area (Å²) in [6.45, 7) is 0. The van der Waals surface area contributed by atoms with Crippen molar-refractivity contribution in [3.05, 3.63) is 71.5 Å². The number of halogens is 1. The molecule has 25 heavy (non-hydrogen) atoms. The topological polar surface area (TPSA) is 51.0 Å². The van der Waals surface area contributed by atoms with Crippen molar-refractivity contribution in [2.24, 2.45) is 7.05 Å². The molecule has 0 aliphatic carbocycles. The number of rotatable bonds is 5. The predicted molar refractivity (Wildman–Crippen MR) is 101 cm³/mol. The standard InChI is InChI=1S/C18H17ClN4OS/c1-22(14-6-4-8-20-10-14)18(24)16-11-21-17(23(16)2)12-25-15-7-3-5-13(19)9-15/h3-11H,12H2,1-2H3. The molecule has 0 saturated heterocycles. The first-order valence-electron chi connectivity index (χ1n) is 7.63. The van der Waals surface area contributed by atoms with Crippen LogP contribution in [0.2, 0.25) is 5.02 Å². The number of carbonyl (C=O) groups excluding carboxylic acids is 1. The summed E-state index contributed by atoms with van der Waals surface area (Å²) in [7, 11) is 3.58. The summed E-state index contributed by atoms with van der Waals surface area (Å²) in [6.07, 6.45) is 4.95. The molecule has 2 aromatic heterocycles. The van der Waals surface area contributed by atoms with E-state index in [2.05, 4.69) is 9.97 Å². The predicted octanol–water partition coefficient (Wildman–Crippen LogP) is 4.04. The first kappa shape index (κ1) is 17.5. The molecule has 0 spiro atoms. The molecule has 0 aliphatic rings. The largest absolute Gasteiger partial charge is 0.326 e. The fourth-order valence-electron chi connectivity index (χ4n) is 2.33. The third-order valence-electron chi connectivity index (χ3n) is 3.81. The van der Waals surface area contributed by atoms with E-state index >= 15 is 0 Å². The smallest absolute Gasteiger partial charge is 0.276 e. The van der Waals surface area contributed by atoms with Gasteiger partial charge < -0.3 is 9.47 Å². The first-order chi connectivity index (χ1) is 12.1. The minimum Gasteiger partial charge on any atom is -0.326 e. The number of nitrogens with zero attached hydrogens (tertiary/aromatic N) is 4. The Morgan fingerprint density at radius 1 is 1.28 bits per heavy atom. The van der Waals surface area contributed by atoms with Gasteiger partial charge >= 0.3 is 0 Å². The van der Waals surface area contributed by atoms with Crippen molar-refractivity contribution >= 4 is 35.0 Å². The normalized spacial score (nSPS) is 10.7. The summed E-state index contributed by atoms with van der Waals surface area (Å²) >= 11 is 7.64. The highest BCUT2D eigenvalue weighted by Crippen LogP contribution is 2.25. The van der Waals surface area contributed by atoms with Crippen molar-refractivity contribution in [1.82, 2.24) is 14.5 Å². The minimum atomic E-state index is -0.123. The van der Waals surface area contributed by atoms with Crippen LogP contribution in [-0.4, -0.2) is 27.5 Å². The van der Waals surface area contributed by atoms with Crippen molar-refractivity contribution in [2.45, 2.75) is 10.6 Å². The van der Waals surface area contributed by atoms with Crippen LogP contribution < -0.4 is 4.90 Å². The summed E-state index contributed by atoms with van der Waals surface area (Å²) in [5.74, 6) is 1.36. The van der Waals surface area contributed by atoms with Crippen molar-refractivity contribution in [2.75, 3.05) is 11.9 Å². The zero-order valence-corrected chi connectivity index (χ0v) is 15.5. The van der Waals surface area contributed by atoms with Crippen molar-refractivity contribution < 1.29 is 4.79 Å². The molecule has 0 atom stereocenters. The van der Waals surface area contributed by atoms with E-state index in [4.69, 9.17) is 11.6 Å². The number of hydrogen-bond acceptors (Lipinski definition) is 4. The highest BCUT2D eigenvalue weighted by Gasteiger charge is 2.19. The Balaban J connectivity index is 1.73. The Labute approximate surface area is 155 Å². The SMILES string of the molecule is CN(C(=O)c1cnc(CSc2cccc(Cl)c2)n1C)c1cccnc1. The quantitative estimate of drug-likeness (QED) is 0.634. The van der Waals surface area contributed by atoms with Gasteiger partial charge in [0.1, 0.15) is 11.5 Å². The molecule has 3 aromatic rings. The summed E-state index contributed by atoms with van der Waals surface area (Å²) in [4.78, 5) is 23.8. The van der Waals surface area contributed by atoms with Crippen LogP contribution in [0.3, 0.4) is 0 Å². The lowest BCUT2D eigenvalue weighted by Gasteiger charge is -2.17. The summed E-state index contributed by atoms with van der Waals surface area (Å²) < 4.78 is 1.83. The molecule has 0 N–H and O–H groups in total. The number of imidazole rings is 1. The number of benzene rings is 1. The number of aromatic nitrogens is 3. The molecular weight excluding hydrogens is 356 g/mol. The maximum atomic E-state index is 12.7. The van der Waals surface area contributed by atoms with Crippen LogP contribution in [0.25, 0.3) is 0 Å². The van der Waals surface area contributed by atoms with E-state index in [9.17, 15) is 4.79 Å². The lowest BCUT2D eigenvalue weighted by molar-refractivity contribution is 0.0985. The second kappa shape index (κ2) is 7.72. The number of carbonyl (C=O) groups is 1. The van der Waals surface area contributed by atoms with Crippen molar-refractivity contribution in [3.63, 3.8) is 0 Å². The maximum absolute atomic E-state index is 12.7. The van der Waals surface area contributed by atoms with Gasteiger partial charge in [0.2, 0.25) is 0 Å². The fourth-order valence-corrected chi connectivity index (χ4v) is 3.53. The fraction of sp³-hybridized carbons (Fsp3) is 0.167. The summed E-state index contributed by atoms with van der Waals surface area (Å²) in [5, 5.41) is 0.707. The Morgan fingerprint density at radius 3 is 2.84 bits per heavy atom. The van der Waals surface area contributed by atoms with E-state index in [1.807, 2.05) is 41.9 Å². The van der Waals surface area contributed by atoms with Crippen molar-refractivity contribution in [1.29, 1.82) is 0 Å². The van der Waals surface area contributed by atoms with Crippen LogP contribution in [0, 0.1) is 0 Å². The van der Waals surface area contributed by atoms with Gasteiger partial charge in [-0.05, 0) is 30.3 Å². The molecule has 2 heterocycles. The molecule has 1 amide bonds. The second-order valence-corrected chi connectivity index (χ2v) is 6.93. The van der Waals surface area contributed by atoms with E-state index in [1.54, 1.807) is 48.4 Å². The average Bonchev–Trinajstić information content (AvgIpc) is 3.00. The van der Waals surface area contributed by atoms with Crippen molar-refractivity contribution in [3.8, 4) is 0 Å². The molecule has 0 aliphatic heterocycles. The van der Waals surface area contributed by atoms with Crippen LogP contribution in [0.4, 0.5) is 5.69 Å². The minimum absolute atomic E-state index is 0.123. The molecule has 0 radical (unpaired) electrons. The molecule has 0 fully saturated rings. The summed E-state index contributed by atoms with van der Waals surface area (Å²) in [6, 6.07) is 11.3. The molecular formula is C18H17ClN4OS. The molecule has 1 aromatic carbocycles. The van der Waals surface area contributed by atoms with Gasteiger partial charge in [0.05, 0.1) is 23.8 Å². The van der Waals surface area contributed by atoms with Gasteiger partial charge in [-0.25, -0.2) is 4.98 Å². The van der Waals surface area contributed by atoms with E-state index < -0.39 is 0 Å². The van der Waals surface area contributed by atoms with E-state index in [0.717, 1.165) is 16.4 Å². The molecule has 7 heteroatoms. The highest BCUT2D eigenvalue weighted by molar-refractivity contribution is 7.98. The van der Waals surface area contributed by atoms with Crippen LogP contribution in [0.1, 0.15) is 16.3 Å². The lowest BCUT2D eigenvalue weighted by atomic mass is 10.3. The van der Waals surface area contributed by atoms with Gasteiger partial charge in [-0.3, -0.25) is 9.78 Å². The van der Waals surface area contributed by atoms with E-state index in [1.165, 1.54) is 0 Å². The highest BCUT2D eigenvalue weighted by atomic mass is 35.5. The maximum Gasteiger partial charge on any atom is 0.276 e. The third-order valence-corrected chi connectivity index (χ3v) is 5.03. The van der Waals surface area contributed by atoms with Gasteiger partial charge in [0.25, 0.3) is 5.91 Å². The number of pyridine rings is 1. The van der Waals surface area contributed by atoms with E-state index in [-0.39, 0.29) is 5.91 Å². The first-order valence-corrected chi connectivity index (χ1v) is 8.99. The van der Waals surface area contributed by atoms with Crippen LogP contribution in [-0.2, 0) is 12.8 Å². The number of hydrogen-bond donors (Lipinski definition) is 0. The van der Waals surface area contributed by atoms with Crippen LogP contribution >= 0.6 is 23.4 Å². The Kier molecular flexibility index (Phi) is 5.40. The monoisotopic (exact) mass is 372 g/mol. The van der Waals surface area contributed by atoms with Crippen LogP contribution in [0.5, 0.6) is 0 Å². The molecule has 0 bridgehead atoms. The Bertz CT molecular complexity index is 882. The Hall–Kier alpha value is -2.31. The zero-order chi connectivity index (χ0) is 17.8. The van der Waals surface area contributed by atoms with Gasteiger partial charge in [0, 0.05) is 30.2 Å².